The molecule has 9 nitrogen and oxygen atoms in total. The lowest BCUT2D eigenvalue weighted by atomic mass is 9.91. The Morgan fingerprint density at radius 1 is 1.12 bits per heavy atom. The molecule has 2 saturated heterocycles. The fourth-order valence-electron chi connectivity index (χ4n) is 4.09. The molecule has 0 radical (unpaired) electrons. The number of hydrogen-bond acceptors (Lipinski definition) is 8. The Labute approximate surface area is 191 Å². The Balaban J connectivity index is 1.09. The van der Waals surface area contributed by atoms with E-state index in [-0.39, 0.29) is 29.5 Å². The van der Waals surface area contributed by atoms with Gasteiger partial charge in [-0.05, 0) is 48.4 Å². The molecule has 9 heteroatoms. The third kappa shape index (κ3) is 4.55. The molecule has 0 unspecified atom stereocenters. The van der Waals surface area contributed by atoms with Gasteiger partial charge in [-0.25, -0.2) is 0 Å². The minimum atomic E-state index is -0.523. The van der Waals surface area contributed by atoms with E-state index in [1.807, 2.05) is 31.2 Å². The second kappa shape index (κ2) is 8.49. The van der Waals surface area contributed by atoms with Gasteiger partial charge in [0.1, 0.15) is 17.6 Å². The van der Waals surface area contributed by atoms with Crippen LogP contribution in [-0.4, -0.2) is 74.0 Å². The summed E-state index contributed by atoms with van der Waals surface area (Å²) in [4.78, 5) is 16.4. The van der Waals surface area contributed by atoms with Crippen LogP contribution in [0.15, 0.2) is 52.9 Å². The second-order valence-electron chi connectivity index (χ2n) is 8.78. The molecule has 172 valence electrons. The molecule has 2 aromatic carbocycles. The Bertz CT molecular complexity index is 1120. The van der Waals surface area contributed by atoms with Gasteiger partial charge in [-0.15, -0.1) is 10.2 Å². The van der Waals surface area contributed by atoms with Crippen LogP contribution in [0.4, 0.5) is 0 Å². The van der Waals surface area contributed by atoms with Crippen molar-refractivity contribution < 1.29 is 24.2 Å². The van der Waals surface area contributed by atoms with E-state index in [1.54, 1.807) is 17.0 Å². The molecule has 1 aromatic heterocycles. The molecule has 2 fully saturated rings. The van der Waals surface area contributed by atoms with Gasteiger partial charge in [-0.3, -0.25) is 9.69 Å². The van der Waals surface area contributed by atoms with Crippen LogP contribution in [0.1, 0.15) is 29.6 Å². The first-order chi connectivity index (χ1) is 15.9. The number of phenolic OH excluding ortho intramolecular Hbond substituents is 1. The van der Waals surface area contributed by atoms with Crippen molar-refractivity contribution in [2.75, 3.05) is 26.2 Å². The number of amides is 1. The van der Waals surface area contributed by atoms with E-state index in [4.69, 9.17) is 9.15 Å². The van der Waals surface area contributed by atoms with Gasteiger partial charge >= 0.3 is 11.8 Å². The SMILES string of the molecule is CCC1(O)CN(Cc2ccc(OC3CN(C(=O)c4nnc(-c5ccc(O)cc5)o4)C3)cc2)C1. The third-order valence-electron chi connectivity index (χ3n) is 6.18. The highest BCUT2D eigenvalue weighted by molar-refractivity contribution is 5.90. The zero-order valence-electron chi connectivity index (χ0n) is 18.3. The molecule has 3 aromatic rings. The molecule has 2 N–H and O–H groups in total. The second-order valence-corrected chi connectivity index (χ2v) is 8.78. The van der Waals surface area contributed by atoms with E-state index in [2.05, 4.69) is 15.1 Å². The number of carbonyl (C=O) groups excluding carboxylic acids is 1. The molecule has 5 rings (SSSR count). The molecule has 0 saturated carbocycles. The van der Waals surface area contributed by atoms with E-state index in [9.17, 15) is 15.0 Å². The highest BCUT2D eigenvalue weighted by Gasteiger charge is 2.39. The Hall–Kier alpha value is -3.43. The summed E-state index contributed by atoms with van der Waals surface area (Å²) in [6.07, 6.45) is 0.692. The number of aromatic nitrogens is 2. The highest BCUT2D eigenvalue weighted by Crippen LogP contribution is 2.27. The topological polar surface area (TPSA) is 112 Å². The zero-order valence-corrected chi connectivity index (χ0v) is 18.3. The summed E-state index contributed by atoms with van der Waals surface area (Å²) in [7, 11) is 0. The maximum atomic E-state index is 12.6. The normalized spacial score (nSPS) is 17.9. The molecule has 33 heavy (non-hydrogen) atoms. The number of rotatable bonds is 7. The Morgan fingerprint density at radius 3 is 2.48 bits per heavy atom. The first-order valence-corrected chi connectivity index (χ1v) is 11.0. The fraction of sp³-hybridized carbons (Fsp3) is 0.375. The number of likely N-dealkylation sites (tertiary alicyclic amines) is 2. The number of ether oxygens (including phenoxy) is 1. The van der Waals surface area contributed by atoms with Crippen LogP contribution in [0, 0.1) is 0 Å². The van der Waals surface area contributed by atoms with Crippen molar-refractivity contribution in [2.45, 2.75) is 31.6 Å². The third-order valence-corrected chi connectivity index (χ3v) is 6.18. The molecule has 0 aliphatic carbocycles. The van der Waals surface area contributed by atoms with E-state index in [0.717, 1.165) is 18.7 Å². The molecule has 0 atom stereocenters. The minimum Gasteiger partial charge on any atom is -0.508 e. The molecular weight excluding hydrogens is 424 g/mol. The van der Waals surface area contributed by atoms with E-state index in [0.29, 0.717) is 31.7 Å². The number of aromatic hydroxyl groups is 1. The lowest BCUT2D eigenvalue weighted by Crippen LogP contribution is -2.60. The molecule has 0 bridgehead atoms. The fourth-order valence-corrected chi connectivity index (χ4v) is 4.09. The Morgan fingerprint density at radius 2 is 1.82 bits per heavy atom. The van der Waals surface area contributed by atoms with Crippen molar-refractivity contribution in [1.29, 1.82) is 0 Å². The van der Waals surface area contributed by atoms with Gasteiger partial charge in [-0.2, -0.15) is 0 Å². The number of β-amino-alcohol motifs (C(OH)–C–C–N with tert-alkyl or cyclic N) is 1. The van der Waals surface area contributed by atoms with Crippen LogP contribution in [0.5, 0.6) is 11.5 Å². The zero-order chi connectivity index (χ0) is 23.0. The van der Waals surface area contributed by atoms with Gasteiger partial charge in [0.25, 0.3) is 0 Å². The quantitative estimate of drug-likeness (QED) is 0.564. The van der Waals surface area contributed by atoms with E-state index >= 15 is 0 Å². The van der Waals surface area contributed by atoms with Crippen LogP contribution in [-0.2, 0) is 6.54 Å². The maximum Gasteiger partial charge on any atom is 0.311 e. The van der Waals surface area contributed by atoms with Crippen molar-refractivity contribution in [3.63, 3.8) is 0 Å². The minimum absolute atomic E-state index is 0.0677. The summed E-state index contributed by atoms with van der Waals surface area (Å²) in [5, 5.41) is 27.3. The van der Waals surface area contributed by atoms with Gasteiger partial charge in [0.05, 0.1) is 18.7 Å². The number of benzene rings is 2. The van der Waals surface area contributed by atoms with Crippen LogP contribution < -0.4 is 4.74 Å². The van der Waals surface area contributed by atoms with Crippen LogP contribution in [0.2, 0.25) is 0 Å². The summed E-state index contributed by atoms with van der Waals surface area (Å²) >= 11 is 0. The van der Waals surface area contributed by atoms with Crippen molar-refractivity contribution in [3.8, 4) is 23.0 Å². The highest BCUT2D eigenvalue weighted by atomic mass is 16.5. The number of aliphatic hydroxyl groups is 1. The number of phenols is 1. The van der Waals surface area contributed by atoms with Gasteiger partial charge in [0, 0.05) is 25.2 Å². The molecule has 0 spiro atoms. The van der Waals surface area contributed by atoms with Crippen LogP contribution in [0.25, 0.3) is 11.5 Å². The summed E-state index contributed by atoms with van der Waals surface area (Å²) in [5.74, 6) is 0.726. The maximum absolute atomic E-state index is 12.6. The molecule has 2 aliphatic rings. The molecule has 3 heterocycles. The average molecular weight is 450 g/mol. The smallest absolute Gasteiger partial charge is 0.311 e. The molecular formula is C24H26N4O5. The van der Waals surface area contributed by atoms with Gasteiger partial charge in [-0.1, -0.05) is 19.1 Å². The lowest BCUT2D eigenvalue weighted by molar-refractivity contribution is -0.103. The average Bonchev–Trinajstić information content (AvgIpc) is 3.26. The predicted molar refractivity (Wildman–Crippen MR) is 119 cm³/mol. The van der Waals surface area contributed by atoms with E-state index in [1.165, 1.54) is 17.7 Å². The number of carbonyl (C=O) groups is 1. The van der Waals surface area contributed by atoms with Crippen molar-refractivity contribution >= 4 is 5.91 Å². The summed E-state index contributed by atoms with van der Waals surface area (Å²) in [6.45, 7) is 5.14. The van der Waals surface area contributed by atoms with Crippen molar-refractivity contribution in [2.24, 2.45) is 0 Å². The Kier molecular flexibility index (Phi) is 5.51. The van der Waals surface area contributed by atoms with Crippen molar-refractivity contribution in [3.05, 3.63) is 60.0 Å². The first kappa shape index (κ1) is 21.4. The monoisotopic (exact) mass is 450 g/mol. The standard InChI is InChI=1S/C24H26N4O5/c1-2-24(31)14-27(15-24)11-16-3-9-19(10-4-16)32-20-12-28(13-20)23(30)22-26-25-21(33-22)17-5-7-18(29)8-6-17/h3-10,20,29,31H,2,11-15H2,1H3. The summed E-state index contributed by atoms with van der Waals surface area (Å²) in [6, 6.07) is 14.3. The van der Waals surface area contributed by atoms with Gasteiger partial charge in [0.15, 0.2) is 0 Å². The predicted octanol–water partition coefficient (Wildman–Crippen LogP) is 2.30. The van der Waals surface area contributed by atoms with Gasteiger partial charge in [0.2, 0.25) is 5.89 Å². The summed E-state index contributed by atoms with van der Waals surface area (Å²) in [5.41, 5.74) is 1.28. The first-order valence-electron chi connectivity index (χ1n) is 11.0. The largest absolute Gasteiger partial charge is 0.508 e. The lowest BCUT2D eigenvalue weighted by Gasteiger charge is -2.46. The van der Waals surface area contributed by atoms with E-state index < -0.39 is 5.60 Å². The van der Waals surface area contributed by atoms with Crippen molar-refractivity contribution in [1.82, 2.24) is 20.0 Å². The van der Waals surface area contributed by atoms with Gasteiger partial charge < -0.3 is 24.3 Å². The molecule has 2 aliphatic heterocycles. The van der Waals surface area contributed by atoms with Crippen LogP contribution in [0.3, 0.4) is 0 Å². The number of hydrogen-bond donors (Lipinski definition) is 2. The molecule has 1 amide bonds. The summed E-state index contributed by atoms with van der Waals surface area (Å²) < 4.78 is 11.5. The number of nitrogens with zero attached hydrogens (tertiary/aromatic N) is 4. The van der Waals surface area contributed by atoms with Crippen LogP contribution >= 0.6 is 0 Å².